The third kappa shape index (κ3) is 8.65. The highest BCUT2D eigenvalue weighted by atomic mass is 16.2. The van der Waals surface area contributed by atoms with E-state index >= 15 is 0 Å². The van der Waals surface area contributed by atoms with E-state index in [1.54, 1.807) is 27.7 Å². The van der Waals surface area contributed by atoms with Gasteiger partial charge in [-0.15, -0.1) is 0 Å². The van der Waals surface area contributed by atoms with Gasteiger partial charge in [0.25, 0.3) is 0 Å². The predicted molar refractivity (Wildman–Crippen MR) is 243 cm³/mol. The second-order valence-electron chi connectivity index (χ2n) is 17.7. The molecule has 0 radical (unpaired) electrons. The number of carbonyl (C=O) groups excluding carboxylic acids is 4. The minimum absolute atomic E-state index is 0.0321. The molecule has 3 saturated heterocycles. The van der Waals surface area contributed by atoms with E-state index in [2.05, 4.69) is 97.8 Å². The third-order valence-electron chi connectivity index (χ3n) is 13.6. The number of fused-ring (bicyclic) bond motifs is 3. The van der Waals surface area contributed by atoms with Gasteiger partial charge in [0.15, 0.2) is 0 Å². The van der Waals surface area contributed by atoms with Crippen molar-refractivity contribution in [3.05, 3.63) is 108 Å². The van der Waals surface area contributed by atoms with Crippen molar-refractivity contribution < 1.29 is 19.2 Å². The molecular weight excluding hydrogens is 749 g/mol. The first-order chi connectivity index (χ1) is 28.6. The molecule has 4 amide bonds. The van der Waals surface area contributed by atoms with Crippen LogP contribution in [0.4, 0.5) is 17.1 Å². The lowest BCUT2D eigenvalue weighted by Gasteiger charge is -2.49. The molecule has 316 valence electrons. The van der Waals surface area contributed by atoms with E-state index in [9.17, 15) is 19.2 Å². The van der Waals surface area contributed by atoms with Crippen LogP contribution in [0, 0.1) is 0 Å². The predicted octanol–water partition coefficient (Wildman–Crippen LogP) is 8.63. The summed E-state index contributed by atoms with van der Waals surface area (Å²) in [5, 5.41) is 7.39. The van der Waals surface area contributed by atoms with Gasteiger partial charge in [0.1, 0.15) is 0 Å². The molecule has 3 aromatic carbocycles. The molecule has 6 aliphatic heterocycles. The third-order valence-corrected chi connectivity index (χ3v) is 13.6. The Labute approximate surface area is 356 Å². The van der Waals surface area contributed by atoms with E-state index in [1.807, 2.05) is 37.8 Å². The smallest absolute Gasteiger partial charge is 0.224 e. The lowest BCUT2D eigenvalue weighted by atomic mass is 9.77. The second-order valence-corrected chi connectivity index (χ2v) is 17.7. The van der Waals surface area contributed by atoms with Crippen LogP contribution in [0.2, 0.25) is 0 Å². The van der Waals surface area contributed by atoms with Crippen LogP contribution in [-0.2, 0) is 19.2 Å². The molecule has 3 spiro atoms. The van der Waals surface area contributed by atoms with Crippen LogP contribution in [0.1, 0.15) is 103 Å². The number of likely N-dealkylation sites (tertiary alicyclic amines) is 3. The summed E-state index contributed by atoms with van der Waals surface area (Å²) in [6.07, 6.45) is 11.1. The highest BCUT2D eigenvalue weighted by Gasteiger charge is 2.44. The fourth-order valence-electron chi connectivity index (χ4n) is 10.4. The molecule has 0 aliphatic carbocycles. The van der Waals surface area contributed by atoms with E-state index in [4.69, 9.17) is 0 Å². The normalized spacial score (nSPS) is 20.3. The molecule has 0 saturated carbocycles. The van der Waals surface area contributed by atoms with Gasteiger partial charge < -0.3 is 30.2 Å². The molecule has 0 bridgehead atoms. The Morgan fingerprint density at radius 3 is 1.53 bits per heavy atom. The van der Waals surface area contributed by atoms with Crippen LogP contribution in [0.25, 0.3) is 16.7 Å². The maximum atomic E-state index is 12.4. The van der Waals surface area contributed by atoms with Crippen LogP contribution in [0.3, 0.4) is 0 Å². The Balaban J connectivity index is 0.000000137. The second kappa shape index (κ2) is 17.1. The SMILES string of the molecule is C=C1CC2(CCN(C(C)=O)CC2)Nc2ccccc21.CC(=O)N1CCC2(C=C(C)c3ccccc3N2)CC1.CC(=O)N1CCC2(C=C(C)c3ccccc3N2C(C)=O)CC1. The van der Waals surface area contributed by atoms with Crippen LogP contribution in [0.5, 0.6) is 0 Å². The van der Waals surface area contributed by atoms with Crippen molar-refractivity contribution in [3.8, 4) is 0 Å². The van der Waals surface area contributed by atoms with Gasteiger partial charge in [-0.25, -0.2) is 0 Å². The van der Waals surface area contributed by atoms with Crippen molar-refractivity contribution in [1.29, 1.82) is 0 Å². The number of para-hydroxylation sites is 3. The van der Waals surface area contributed by atoms with Crippen molar-refractivity contribution in [3.63, 3.8) is 0 Å². The molecule has 9 rings (SSSR count). The average Bonchev–Trinajstić information content (AvgIpc) is 3.22. The maximum Gasteiger partial charge on any atom is 0.224 e. The first kappa shape index (κ1) is 42.5. The number of allylic oxidation sites excluding steroid dienone is 2. The summed E-state index contributed by atoms with van der Waals surface area (Å²) in [5.41, 5.74) is 10.7. The fourth-order valence-corrected chi connectivity index (χ4v) is 10.4. The highest BCUT2D eigenvalue weighted by molar-refractivity contribution is 5.99. The molecule has 0 aromatic heterocycles. The summed E-state index contributed by atoms with van der Waals surface area (Å²) >= 11 is 0. The quantitative estimate of drug-likeness (QED) is 0.236. The van der Waals surface area contributed by atoms with Crippen LogP contribution >= 0.6 is 0 Å². The zero-order valence-corrected chi connectivity index (χ0v) is 36.4. The molecule has 10 nitrogen and oxygen atoms in total. The largest absolute Gasteiger partial charge is 0.379 e. The Kier molecular flexibility index (Phi) is 12.1. The summed E-state index contributed by atoms with van der Waals surface area (Å²) < 4.78 is 0. The van der Waals surface area contributed by atoms with Crippen LogP contribution < -0.4 is 15.5 Å². The Morgan fingerprint density at radius 2 is 0.983 bits per heavy atom. The molecule has 0 unspecified atom stereocenters. The summed E-state index contributed by atoms with van der Waals surface area (Å²) in [6, 6.07) is 24.9. The molecule has 2 N–H and O–H groups in total. The van der Waals surface area contributed by atoms with Gasteiger partial charge in [-0.3, -0.25) is 19.2 Å². The molecule has 3 aromatic rings. The van der Waals surface area contributed by atoms with E-state index < -0.39 is 0 Å². The molecule has 3 fully saturated rings. The Hall–Kier alpha value is -5.64. The molecule has 0 atom stereocenters. The minimum atomic E-state index is -0.295. The maximum absolute atomic E-state index is 12.4. The molecule has 6 aliphatic rings. The monoisotopic (exact) mass is 810 g/mol. The number of carbonyl (C=O) groups is 4. The van der Waals surface area contributed by atoms with Crippen molar-refractivity contribution in [1.82, 2.24) is 14.7 Å². The topological polar surface area (TPSA) is 105 Å². The minimum Gasteiger partial charge on any atom is -0.379 e. The number of rotatable bonds is 0. The van der Waals surface area contributed by atoms with Gasteiger partial charge in [0.2, 0.25) is 23.6 Å². The van der Waals surface area contributed by atoms with Crippen molar-refractivity contribution >= 4 is 57.4 Å². The highest BCUT2D eigenvalue weighted by Crippen LogP contribution is 2.45. The number of amides is 4. The molecule has 6 heterocycles. The number of hydrogen-bond acceptors (Lipinski definition) is 6. The van der Waals surface area contributed by atoms with Gasteiger partial charge in [0, 0.05) is 101 Å². The van der Waals surface area contributed by atoms with Crippen LogP contribution in [-0.4, -0.2) is 94.2 Å². The molecule has 60 heavy (non-hydrogen) atoms. The Morgan fingerprint density at radius 1 is 0.533 bits per heavy atom. The Bertz CT molecular complexity index is 2210. The first-order valence-electron chi connectivity index (χ1n) is 21.6. The van der Waals surface area contributed by atoms with E-state index in [1.165, 1.54) is 39.2 Å². The number of anilines is 3. The summed E-state index contributed by atoms with van der Waals surface area (Å²) in [7, 11) is 0. The van der Waals surface area contributed by atoms with Crippen molar-refractivity contribution in [2.75, 3.05) is 54.8 Å². The first-order valence-corrected chi connectivity index (χ1v) is 21.6. The van der Waals surface area contributed by atoms with Gasteiger partial charge >= 0.3 is 0 Å². The summed E-state index contributed by atoms with van der Waals surface area (Å²) in [5.74, 6) is 0.547. The number of hydrogen-bond donors (Lipinski definition) is 2. The number of nitrogens with zero attached hydrogens (tertiary/aromatic N) is 4. The molecule has 10 heteroatoms. The van der Waals surface area contributed by atoms with E-state index in [-0.39, 0.29) is 40.2 Å². The van der Waals surface area contributed by atoms with Crippen molar-refractivity contribution in [2.45, 2.75) is 103 Å². The fraction of sp³-hybridized carbons (Fsp3) is 0.440. The van der Waals surface area contributed by atoms with E-state index in [0.717, 1.165) is 82.4 Å². The van der Waals surface area contributed by atoms with Crippen molar-refractivity contribution in [2.24, 2.45) is 0 Å². The van der Waals surface area contributed by atoms with Gasteiger partial charge in [-0.2, -0.15) is 0 Å². The number of piperidine rings is 3. The molecular formula is C50H62N6O4. The van der Waals surface area contributed by atoms with Gasteiger partial charge in [0.05, 0.1) is 16.8 Å². The zero-order chi connectivity index (χ0) is 42.8. The number of nitrogens with one attached hydrogen (secondary N) is 2. The van der Waals surface area contributed by atoms with Crippen LogP contribution in [0.15, 0.2) is 91.5 Å². The summed E-state index contributed by atoms with van der Waals surface area (Å²) in [4.78, 5) is 54.5. The lowest BCUT2D eigenvalue weighted by molar-refractivity contribution is -0.131. The van der Waals surface area contributed by atoms with E-state index in [0.29, 0.717) is 13.1 Å². The zero-order valence-electron chi connectivity index (χ0n) is 36.4. The standard InChI is InChI=1S/C18H22N2O2.2C16H20N2O/c1-13-12-18(8-10-19(11-9-18)14(2)21)20(15(3)22)17-7-5-4-6-16(13)17;2*1-12-11-16(7-9-18(10-8-16)13(2)19)17-15-6-4-3-5-14(12)15/h4-7,12H,8-11H2,1-3H3;3-6,11,17H,7-10H2,1-2H3;3-6,17H,1,7-11H2,2H3. The van der Waals surface area contributed by atoms with Gasteiger partial charge in [-0.05, 0) is 93.7 Å². The van der Waals surface area contributed by atoms with Gasteiger partial charge in [-0.1, -0.05) is 73.3 Å². The lowest BCUT2D eigenvalue weighted by Crippen LogP contribution is -2.58. The average molecular weight is 811 g/mol. The number of benzene rings is 3. The summed E-state index contributed by atoms with van der Waals surface area (Å²) in [6.45, 7) is 19.8.